The van der Waals surface area contributed by atoms with Gasteiger partial charge in [-0.2, -0.15) is 0 Å². The Morgan fingerprint density at radius 2 is 2.04 bits per heavy atom. The lowest BCUT2D eigenvalue weighted by Crippen LogP contribution is -2.33. The van der Waals surface area contributed by atoms with Crippen molar-refractivity contribution in [3.63, 3.8) is 0 Å². The summed E-state index contributed by atoms with van der Waals surface area (Å²) in [5, 5.41) is 4.21. The van der Waals surface area contributed by atoms with Gasteiger partial charge >= 0.3 is 0 Å². The Labute approximate surface area is 165 Å². The number of anilines is 2. The van der Waals surface area contributed by atoms with Crippen LogP contribution < -0.4 is 10.1 Å². The average molecular weight is 382 g/mol. The number of rotatable bonds is 3. The van der Waals surface area contributed by atoms with Crippen LogP contribution in [0.4, 0.5) is 17.1 Å². The molecule has 2 aliphatic rings. The lowest BCUT2D eigenvalue weighted by atomic mass is 9.93. The van der Waals surface area contributed by atoms with E-state index >= 15 is 0 Å². The first-order chi connectivity index (χ1) is 13.0. The Hall–Kier alpha value is -2.30. The maximum atomic E-state index is 6.25. The molecule has 2 aliphatic heterocycles. The van der Waals surface area contributed by atoms with Gasteiger partial charge in [-0.25, -0.2) is 4.99 Å². The topological polar surface area (TPSA) is 36.9 Å². The molecule has 0 unspecified atom stereocenters. The number of nitrogens with one attached hydrogen (secondary N) is 1. The Morgan fingerprint density at radius 3 is 2.81 bits per heavy atom. The van der Waals surface area contributed by atoms with E-state index in [4.69, 9.17) is 21.3 Å². The van der Waals surface area contributed by atoms with Crippen molar-refractivity contribution in [2.45, 2.75) is 26.3 Å². The van der Waals surface area contributed by atoms with Gasteiger partial charge in [0, 0.05) is 28.9 Å². The molecule has 5 heteroatoms. The number of likely N-dealkylation sites (N-methyl/N-ethyl adjacent to an activating group) is 1. The maximum absolute atomic E-state index is 6.25. The molecule has 0 spiro atoms. The predicted octanol–water partition coefficient (Wildman–Crippen LogP) is 5.57. The van der Waals surface area contributed by atoms with Gasteiger partial charge in [0.1, 0.15) is 5.75 Å². The molecule has 0 aliphatic carbocycles. The fourth-order valence-electron chi connectivity index (χ4n) is 3.56. The summed E-state index contributed by atoms with van der Waals surface area (Å²) >= 11 is 6.25. The summed E-state index contributed by atoms with van der Waals surface area (Å²) in [6.07, 6.45) is 3.28. The number of aliphatic imine (C=N–C) groups is 1. The Morgan fingerprint density at radius 1 is 1.22 bits per heavy atom. The number of ether oxygens (including phenoxy) is 1. The molecule has 1 atom stereocenters. The van der Waals surface area contributed by atoms with E-state index in [1.165, 1.54) is 5.57 Å². The molecule has 0 saturated carbocycles. The van der Waals surface area contributed by atoms with Gasteiger partial charge in [-0.05, 0) is 69.3 Å². The van der Waals surface area contributed by atoms with Gasteiger partial charge in [0.25, 0.3) is 0 Å². The highest BCUT2D eigenvalue weighted by Crippen LogP contribution is 2.39. The molecule has 2 aromatic rings. The maximum Gasteiger partial charge on any atom is 0.120 e. The predicted molar refractivity (Wildman–Crippen MR) is 113 cm³/mol. The highest BCUT2D eigenvalue weighted by atomic mass is 35.5. The fraction of sp³-hybridized carbons (Fsp3) is 0.318. The van der Waals surface area contributed by atoms with Crippen molar-refractivity contribution < 1.29 is 4.74 Å². The van der Waals surface area contributed by atoms with Gasteiger partial charge in [-0.1, -0.05) is 17.7 Å². The second-order valence-corrected chi connectivity index (χ2v) is 7.49. The molecule has 0 saturated heterocycles. The van der Waals surface area contributed by atoms with Crippen LogP contribution in [0.5, 0.6) is 5.75 Å². The van der Waals surface area contributed by atoms with Crippen molar-refractivity contribution in [1.82, 2.24) is 4.90 Å². The lowest BCUT2D eigenvalue weighted by molar-refractivity contribution is 0.288. The van der Waals surface area contributed by atoms with Crippen molar-refractivity contribution in [3.05, 3.63) is 58.6 Å². The van der Waals surface area contributed by atoms with E-state index in [9.17, 15) is 0 Å². The molecule has 0 aromatic heterocycles. The molecule has 0 radical (unpaired) electrons. The monoisotopic (exact) mass is 381 g/mol. The molecule has 2 heterocycles. The van der Waals surface area contributed by atoms with Gasteiger partial charge in [0.15, 0.2) is 0 Å². The molecule has 0 fully saturated rings. The first-order valence-corrected chi connectivity index (χ1v) is 9.76. The van der Waals surface area contributed by atoms with Crippen LogP contribution in [0.15, 0.2) is 53.0 Å². The summed E-state index contributed by atoms with van der Waals surface area (Å²) in [5.41, 5.74) is 6.19. The Kier molecular flexibility index (Phi) is 4.94. The number of benzene rings is 2. The second kappa shape index (κ2) is 7.37. The largest absolute Gasteiger partial charge is 0.494 e. The highest BCUT2D eigenvalue weighted by Gasteiger charge is 2.24. The van der Waals surface area contributed by atoms with Crippen LogP contribution in [0.2, 0.25) is 5.02 Å². The van der Waals surface area contributed by atoms with E-state index in [-0.39, 0.29) is 0 Å². The zero-order valence-corrected chi connectivity index (χ0v) is 16.7. The van der Waals surface area contributed by atoms with E-state index < -0.39 is 0 Å². The number of nitrogens with zero attached hydrogens (tertiary/aromatic N) is 2. The van der Waals surface area contributed by atoms with Crippen LogP contribution in [0.1, 0.15) is 25.8 Å². The van der Waals surface area contributed by atoms with E-state index in [2.05, 4.69) is 42.4 Å². The third-order valence-electron chi connectivity index (χ3n) is 5.19. The summed E-state index contributed by atoms with van der Waals surface area (Å²) in [6.45, 7) is 5.87. The lowest BCUT2D eigenvalue weighted by Gasteiger charge is -2.29. The van der Waals surface area contributed by atoms with Crippen molar-refractivity contribution in [2.24, 2.45) is 4.99 Å². The molecular weight excluding hydrogens is 358 g/mol. The Bertz CT molecular complexity index is 935. The summed E-state index contributed by atoms with van der Waals surface area (Å²) in [7, 11) is 2.16. The van der Waals surface area contributed by atoms with Crippen LogP contribution in [0, 0.1) is 0 Å². The minimum Gasteiger partial charge on any atom is -0.494 e. The van der Waals surface area contributed by atoms with Crippen LogP contribution in [0.3, 0.4) is 0 Å². The van der Waals surface area contributed by atoms with Crippen molar-refractivity contribution >= 4 is 34.4 Å². The van der Waals surface area contributed by atoms with E-state index in [1.807, 2.05) is 31.2 Å². The molecule has 4 nitrogen and oxygen atoms in total. The van der Waals surface area contributed by atoms with Gasteiger partial charge in [-0.3, -0.25) is 4.90 Å². The van der Waals surface area contributed by atoms with Crippen molar-refractivity contribution in [2.75, 3.05) is 25.5 Å². The Balaban J connectivity index is 1.90. The molecule has 0 amide bonds. The standard InChI is InChI=1S/C22H24ClN3O/c1-4-27-17-6-8-19-18(13-17)22(15-9-10-26(3)14(2)11-15)25-21-12-16(23)5-7-20(21)24-19/h5-8,11-14,24H,4,9-10H2,1-3H3/t14-/m0/s1. The van der Waals surface area contributed by atoms with Gasteiger partial charge in [0.05, 0.1) is 23.7 Å². The van der Waals surface area contributed by atoms with Gasteiger partial charge < -0.3 is 10.1 Å². The molecule has 2 aromatic carbocycles. The highest BCUT2D eigenvalue weighted by molar-refractivity contribution is 6.31. The third kappa shape index (κ3) is 3.60. The van der Waals surface area contributed by atoms with Crippen molar-refractivity contribution in [3.8, 4) is 5.75 Å². The molecule has 140 valence electrons. The third-order valence-corrected chi connectivity index (χ3v) is 5.43. The van der Waals surface area contributed by atoms with Gasteiger partial charge in [0.2, 0.25) is 0 Å². The summed E-state index contributed by atoms with van der Waals surface area (Å²) < 4.78 is 5.75. The second-order valence-electron chi connectivity index (χ2n) is 7.05. The average Bonchev–Trinajstić information content (AvgIpc) is 2.80. The zero-order valence-electron chi connectivity index (χ0n) is 15.9. The number of halogens is 1. The molecule has 1 N–H and O–H groups in total. The smallest absolute Gasteiger partial charge is 0.120 e. The first kappa shape index (κ1) is 18.1. The van der Waals surface area contributed by atoms with Crippen LogP contribution in [-0.2, 0) is 0 Å². The van der Waals surface area contributed by atoms with Crippen LogP contribution in [-0.4, -0.2) is 36.9 Å². The summed E-state index contributed by atoms with van der Waals surface area (Å²) in [6, 6.07) is 12.3. The minimum atomic E-state index is 0.380. The summed E-state index contributed by atoms with van der Waals surface area (Å²) in [5.74, 6) is 0.858. The molecule has 27 heavy (non-hydrogen) atoms. The molecule has 4 rings (SSSR count). The first-order valence-electron chi connectivity index (χ1n) is 9.39. The van der Waals surface area contributed by atoms with Crippen LogP contribution in [0.25, 0.3) is 0 Å². The van der Waals surface area contributed by atoms with E-state index in [0.29, 0.717) is 17.7 Å². The normalized spacial score (nSPS) is 19.2. The zero-order chi connectivity index (χ0) is 19.0. The number of fused-ring (bicyclic) bond motifs is 2. The quantitative estimate of drug-likeness (QED) is 0.755. The molecule has 0 bridgehead atoms. The van der Waals surface area contributed by atoms with E-state index in [0.717, 1.165) is 47.1 Å². The number of hydrogen-bond acceptors (Lipinski definition) is 4. The SMILES string of the molecule is CCOc1ccc2c(c1)C(C1=C[C@H](C)N(C)CC1)=Nc1cc(Cl)ccc1N2. The van der Waals surface area contributed by atoms with Gasteiger partial charge in [-0.15, -0.1) is 0 Å². The van der Waals surface area contributed by atoms with Crippen LogP contribution >= 0.6 is 11.6 Å². The van der Waals surface area contributed by atoms with E-state index in [1.54, 1.807) is 0 Å². The summed E-state index contributed by atoms with van der Waals surface area (Å²) in [4.78, 5) is 7.40. The number of hydrogen-bond donors (Lipinski definition) is 1. The van der Waals surface area contributed by atoms with Crippen molar-refractivity contribution in [1.29, 1.82) is 0 Å². The minimum absolute atomic E-state index is 0.380. The molecular formula is C22H24ClN3O. The fourth-order valence-corrected chi connectivity index (χ4v) is 3.72.